The molecular formula is C9H17N3O4. The van der Waals surface area contributed by atoms with Gasteiger partial charge in [0.05, 0.1) is 32.4 Å². The number of hydrogen-bond acceptors (Lipinski definition) is 5. The Hall–Kier alpha value is -1.18. The molecule has 0 aromatic rings. The molecule has 0 spiro atoms. The predicted molar refractivity (Wildman–Crippen MR) is 55.5 cm³/mol. The van der Waals surface area contributed by atoms with E-state index < -0.39 is 0 Å². The van der Waals surface area contributed by atoms with Crippen molar-refractivity contribution in [1.29, 1.82) is 0 Å². The number of ether oxygens (including phenoxy) is 1. The van der Waals surface area contributed by atoms with Crippen LogP contribution in [0.25, 0.3) is 0 Å². The van der Waals surface area contributed by atoms with E-state index in [0.29, 0.717) is 19.7 Å². The zero-order valence-electron chi connectivity index (χ0n) is 9.02. The lowest BCUT2D eigenvalue weighted by atomic mass is 10.3. The molecule has 1 aliphatic heterocycles. The molecule has 0 bridgehead atoms. The third-order valence-electron chi connectivity index (χ3n) is 2.32. The van der Waals surface area contributed by atoms with Gasteiger partial charge in [-0.3, -0.25) is 9.59 Å². The number of carbonyl (C=O) groups excluding carboxylic acids is 2. The number of nitrogens with zero attached hydrogens (tertiary/aromatic N) is 1. The van der Waals surface area contributed by atoms with Crippen LogP contribution >= 0.6 is 0 Å². The van der Waals surface area contributed by atoms with Crippen LogP contribution in [-0.2, 0) is 14.3 Å². The quantitative estimate of drug-likeness (QED) is 0.487. The van der Waals surface area contributed by atoms with Crippen LogP contribution in [0, 0.1) is 0 Å². The Bertz CT molecular complexity index is 259. The van der Waals surface area contributed by atoms with E-state index in [9.17, 15) is 9.59 Å². The van der Waals surface area contributed by atoms with Crippen molar-refractivity contribution in [3.05, 3.63) is 0 Å². The highest BCUT2D eigenvalue weighted by molar-refractivity contribution is 5.85. The van der Waals surface area contributed by atoms with Crippen molar-refractivity contribution in [3.63, 3.8) is 0 Å². The first-order valence-electron chi connectivity index (χ1n) is 5.14. The molecule has 2 amide bonds. The van der Waals surface area contributed by atoms with Crippen molar-refractivity contribution in [2.45, 2.75) is 6.10 Å². The van der Waals surface area contributed by atoms with E-state index in [2.05, 4.69) is 5.32 Å². The second-order valence-corrected chi connectivity index (χ2v) is 3.50. The standard InChI is InChI=1S/C9H17N3O4/c10-3-8(14)11-4-9(15)12-1-2-16-7(5-12)6-13/h7,13H,1-6,10H2,(H,11,14). The third kappa shape index (κ3) is 3.76. The minimum atomic E-state index is -0.361. The summed E-state index contributed by atoms with van der Waals surface area (Å²) in [6.07, 6.45) is -0.331. The summed E-state index contributed by atoms with van der Waals surface area (Å²) < 4.78 is 5.20. The molecule has 7 heteroatoms. The smallest absolute Gasteiger partial charge is 0.242 e. The summed E-state index contributed by atoms with van der Waals surface area (Å²) in [6, 6.07) is 0. The van der Waals surface area contributed by atoms with Gasteiger partial charge in [-0.1, -0.05) is 0 Å². The highest BCUT2D eigenvalue weighted by Crippen LogP contribution is 2.04. The minimum absolute atomic E-state index is 0.0613. The van der Waals surface area contributed by atoms with E-state index in [0.717, 1.165) is 0 Å². The number of morpholine rings is 1. The van der Waals surface area contributed by atoms with Gasteiger partial charge in [0, 0.05) is 13.1 Å². The average molecular weight is 231 g/mol. The molecule has 1 heterocycles. The van der Waals surface area contributed by atoms with Gasteiger partial charge < -0.3 is 25.8 Å². The summed E-state index contributed by atoms with van der Waals surface area (Å²) >= 11 is 0. The lowest BCUT2D eigenvalue weighted by molar-refractivity contribution is -0.140. The maximum absolute atomic E-state index is 11.6. The highest BCUT2D eigenvalue weighted by Gasteiger charge is 2.23. The molecule has 16 heavy (non-hydrogen) atoms. The Morgan fingerprint density at radius 3 is 2.94 bits per heavy atom. The number of rotatable bonds is 4. The van der Waals surface area contributed by atoms with Crippen LogP contribution in [0.1, 0.15) is 0 Å². The van der Waals surface area contributed by atoms with Crippen molar-refractivity contribution in [1.82, 2.24) is 10.2 Å². The van der Waals surface area contributed by atoms with Crippen LogP contribution < -0.4 is 11.1 Å². The van der Waals surface area contributed by atoms with Crippen LogP contribution in [-0.4, -0.2) is 67.3 Å². The summed E-state index contributed by atoms with van der Waals surface area (Å²) in [5.74, 6) is -0.552. The van der Waals surface area contributed by atoms with Crippen molar-refractivity contribution in [2.75, 3.05) is 39.4 Å². The summed E-state index contributed by atoms with van der Waals surface area (Å²) in [7, 11) is 0. The fourth-order valence-corrected chi connectivity index (χ4v) is 1.41. The molecule has 1 saturated heterocycles. The molecule has 1 atom stereocenters. The maximum atomic E-state index is 11.6. The Morgan fingerprint density at radius 1 is 1.56 bits per heavy atom. The number of amides is 2. The van der Waals surface area contributed by atoms with Crippen molar-refractivity contribution >= 4 is 11.8 Å². The maximum Gasteiger partial charge on any atom is 0.242 e. The lowest BCUT2D eigenvalue weighted by Crippen LogP contribution is -2.50. The van der Waals surface area contributed by atoms with Crippen LogP contribution in [0.3, 0.4) is 0 Å². The predicted octanol–water partition coefficient (Wildman–Crippen LogP) is -2.72. The third-order valence-corrected chi connectivity index (χ3v) is 2.32. The molecule has 1 aliphatic rings. The zero-order chi connectivity index (χ0) is 12.0. The number of hydrogen-bond donors (Lipinski definition) is 3. The van der Waals surface area contributed by atoms with E-state index in [-0.39, 0.29) is 37.6 Å². The first kappa shape index (κ1) is 12.9. The van der Waals surface area contributed by atoms with Crippen LogP contribution in [0.15, 0.2) is 0 Å². The lowest BCUT2D eigenvalue weighted by Gasteiger charge is -2.32. The van der Waals surface area contributed by atoms with Crippen molar-refractivity contribution in [2.24, 2.45) is 5.73 Å². The van der Waals surface area contributed by atoms with Gasteiger partial charge >= 0.3 is 0 Å². The first-order valence-corrected chi connectivity index (χ1v) is 5.14. The number of aliphatic hydroxyl groups is 1. The number of carbonyl (C=O) groups is 2. The largest absolute Gasteiger partial charge is 0.394 e. The average Bonchev–Trinajstić information content (AvgIpc) is 2.35. The van der Waals surface area contributed by atoms with Gasteiger partial charge in [-0.2, -0.15) is 0 Å². The number of aliphatic hydroxyl groups excluding tert-OH is 1. The van der Waals surface area contributed by atoms with Gasteiger partial charge in [0.15, 0.2) is 0 Å². The van der Waals surface area contributed by atoms with Crippen LogP contribution in [0.5, 0.6) is 0 Å². The molecule has 0 saturated carbocycles. The van der Waals surface area contributed by atoms with E-state index in [4.69, 9.17) is 15.6 Å². The second kappa shape index (κ2) is 6.41. The topological polar surface area (TPSA) is 105 Å². The van der Waals surface area contributed by atoms with Gasteiger partial charge in [-0.15, -0.1) is 0 Å². The highest BCUT2D eigenvalue weighted by atomic mass is 16.5. The molecule has 0 aromatic carbocycles. The normalized spacial score (nSPS) is 20.6. The Balaban J connectivity index is 2.32. The van der Waals surface area contributed by atoms with Gasteiger partial charge in [0.1, 0.15) is 0 Å². The number of nitrogens with one attached hydrogen (secondary N) is 1. The molecule has 7 nitrogen and oxygen atoms in total. The molecule has 1 rings (SSSR count). The molecule has 4 N–H and O–H groups in total. The van der Waals surface area contributed by atoms with Gasteiger partial charge in [0.2, 0.25) is 11.8 Å². The monoisotopic (exact) mass is 231 g/mol. The molecule has 92 valence electrons. The minimum Gasteiger partial charge on any atom is -0.394 e. The van der Waals surface area contributed by atoms with E-state index in [1.54, 1.807) is 4.90 Å². The SMILES string of the molecule is NCC(=O)NCC(=O)N1CCOC(CO)C1. The number of nitrogens with two attached hydrogens (primary N) is 1. The van der Waals surface area contributed by atoms with Crippen molar-refractivity contribution in [3.8, 4) is 0 Å². The van der Waals surface area contributed by atoms with Crippen LogP contribution in [0.2, 0.25) is 0 Å². The summed E-state index contributed by atoms with van der Waals surface area (Å²) in [5, 5.41) is 11.3. The molecule has 0 aromatic heterocycles. The molecule has 1 fully saturated rings. The van der Waals surface area contributed by atoms with Gasteiger partial charge in [-0.05, 0) is 0 Å². The molecule has 0 aliphatic carbocycles. The molecule has 0 radical (unpaired) electrons. The Morgan fingerprint density at radius 2 is 2.31 bits per heavy atom. The fourth-order valence-electron chi connectivity index (χ4n) is 1.41. The van der Waals surface area contributed by atoms with Crippen molar-refractivity contribution < 1.29 is 19.4 Å². The summed E-state index contributed by atoms with van der Waals surface area (Å²) in [5.41, 5.74) is 5.09. The second-order valence-electron chi connectivity index (χ2n) is 3.50. The Labute approximate surface area is 93.5 Å². The zero-order valence-corrected chi connectivity index (χ0v) is 9.02. The van der Waals surface area contributed by atoms with Gasteiger partial charge in [-0.25, -0.2) is 0 Å². The fraction of sp³-hybridized carbons (Fsp3) is 0.778. The first-order chi connectivity index (χ1) is 7.67. The molecule has 1 unspecified atom stereocenters. The van der Waals surface area contributed by atoms with E-state index in [1.165, 1.54) is 0 Å². The van der Waals surface area contributed by atoms with E-state index in [1.807, 2.05) is 0 Å². The summed E-state index contributed by atoms with van der Waals surface area (Å²) in [4.78, 5) is 24.0. The molecular weight excluding hydrogens is 214 g/mol. The van der Waals surface area contributed by atoms with E-state index >= 15 is 0 Å². The van der Waals surface area contributed by atoms with Crippen LogP contribution in [0.4, 0.5) is 0 Å². The summed E-state index contributed by atoms with van der Waals surface area (Å²) in [6.45, 7) is 0.937. The van der Waals surface area contributed by atoms with Gasteiger partial charge in [0.25, 0.3) is 0 Å². The Kier molecular flexibility index (Phi) is 5.17.